The van der Waals surface area contributed by atoms with Crippen LogP contribution in [0.3, 0.4) is 0 Å². The molecule has 1 aromatic carbocycles. The van der Waals surface area contributed by atoms with Crippen molar-refractivity contribution in [3.8, 4) is 5.75 Å². The van der Waals surface area contributed by atoms with E-state index in [0.29, 0.717) is 34.3 Å². The van der Waals surface area contributed by atoms with Crippen molar-refractivity contribution in [2.75, 3.05) is 12.8 Å². The molecule has 100 valence electrons. The number of rotatable bonds is 4. The van der Waals surface area contributed by atoms with E-state index in [4.69, 9.17) is 22.1 Å². The maximum absolute atomic E-state index is 12.5. The number of ether oxygens (including phenoxy) is 1. The molecule has 1 aromatic heterocycles. The molecular formula is C13H14ClN3O2. The topological polar surface area (TPSA) is 70.1 Å². The Morgan fingerprint density at radius 1 is 1.53 bits per heavy atom. The molecule has 0 aliphatic carbocycles. The van der Waals surface area contributed by atoms with Gasteiger partial charge >= 0.3 is 0 Å². The van der Waals surface area contributed by atoms with E-state index in [-0.39, 0.29) is 5.78 Å². The molecule has 5 nitrogen and oxygen atoms in total. The molecule has 6 heteroatoms. The zero-order valence-corrected chi connectivity index (χ0v) is 11.4. The molecule has 0 spiro atoms. The van der Waals surface area contributed by atoms with Gasteiger partial charge in [-0.3, -0.25) is 9.48 Å². The molecule has 1 heterocycles. The first-order valence-electron chi connectivity index (χ1n) is 5.78. The Hall–Kier alpha value is -2.01. The van der Waals surface area contributed by atoms with Gasteiger partial charge in [0.1, 0.15) is 11.4 Å². The fraction of sp³-hybridized carbons (Fsp3) is 0.231. The summed E-state index contributed by atoms with van der Waals surface area (Å²) in [6.07, 6.45) is 1.46. The first-order chi connectivity index (χ1) is 9.08. The van der Waals surface area contributed by atoms with Crippen molar-refractivity contribution in [2.45, 2.75) is 13.5 Å². The van der Waals surface area contributed by atoms with Crippen molar-refractivity contribution in [3.63, 3.8) is 0 Å². The SMILES string of the molecule is CCn1ncc(Cl)c1C(=O)c1ccc(OC)cc1N. The number of ketones is 1. The van der Waals surface area contributed by atoms with Gasteiger partial charge in [-0.25, -0.2) is 0 Å². The van der Waals surface area contributed by atoms with Crippen molar-refractivity contribution >= 4 is 23.1 Å². The second-order valence-electron chi connectivity index (χ2n) is 3.94. The fourth-order valence-corrected chi connectivity index (χ4v) is 2.06. The molecule has 0 saturated carbocycles. The van der Waals surface area contributed by atoms with Gasteiger partial charge in [0.25, 0.3) is 0 Å². The summed E-state index contributed by atoms with van der Waals surface area (Å²) in [4.78, 5) is 12.5. The lowest BCUT2D eigenvalue weighted by Gasteiger charge is -2.08. The first kappa shape index (κ1) is 13.4. The third-order valence-electron chi connectivity index (χ3n) is 2.81. The van der Waals surface area contributed by atoms with E-state index in [1.807, 2.05) is 6.92 Å². The number of nitrogen functional groups attached to an aromatic ring is 1. The number of hydrogen-bond donors (Lipinski definition) is 1. The standard InChI is InChI=1S/C13H14ClN3O2/c1-3-17-12(10(14)7-16-17)13(18)9-5-4-8(19-2)6-11(9)15/h4-7H,3,15H2,1-2H3. The molecule has 19 heavy (non-hydrogen) atoms. The molecule has 2 N–H and O–H groups in total. The van der Waals surface area contributed by atoms with Crippen LogP contribution >= 0.6 is 11.6 Å². The van der Waals surface area contributed by atoms with Crippen molar-refractivity contribution in [1.82, 2.24) is 9.78 Å². The van der Waals surface area contributed by atoms with Crippen molar-refractivity contribution in [1.29, 1.82) is 0 Å². The largest absolute Gasteiger partial charge is 0.497 e. The molecule has 0 bridgehead atoms. The van der Waals surface area contributed by atoms with E-state index in [9.17, 15) is 4.79 Å². The van der Waals surface area contributed by atoms with Crippen LogP contribution in [0.2, 0.25) is 5.02 Å². The van der Waals surface area contributed by atoms with E-state index in [0.717, 1.165) is 0 Å². The molecule has 0 unspecified atom stereocenters. The van der Waals surface area contributed by atoms with Gasteiger partial charge in [0.2, 0.25) is 5.78 Å². The van der Waals surface area contributed by atoms with E-state index < -0.39 is 0 Å². The summed E-state index contributed by atoms with van der Waals surface area (Å²) in [6, 6.07) is 4.91. The van der Waals surface area contributed by atoms with Crippen LogP contribution in [0.5, 0.6) is 5.75 Å². The molecule has 2 rings (SSSR count). The van der Waals surface area contributed by atoms with Gasteiger partial charge in [0.05, 0.1) is 18.3 Å². The van der Waals surface area contributed by atoms with Crippen LogP contribution in [-0.2, 0) is 6.54 Å². The monoisotopic (exact) mass is 279 g/mol. The zero-order valence-electron chi connectivity index (χ0n) is 10.7. The summed E-state index contributed by atoms with van der Waals surface area (Å²) in [5, 5.41) is 4.36. The number of carbonyl (C=O) groups excluding carboxylic acids is 1. The summed E-state index contributed by atoms with van der Waals surface area (Å²) in [5.74, 6) is 0.355. The van der Waals surface area contributed by atoms with Crippen LogP contribution in [0.4, 0.5) is 5.69 Å². The van der Waals surface area contributed by atoms with E-state index in [1.165, 1.54) is 6.20 Å². The third kappa shape index (κ3) is 2.42. The highest BCUT2D eigenvalue weighted by Crippen LogP contribution is 2.25. The minimum Gasteiger partial charge on any atom is -0.497 e. The van der Waals surface area contributed by atoms with Crippen LogP contribution in [0, 0.1) is 0 Å². The van der Waals surface area contributed by atoms with Gasteiger partial charge in [-0.2, -0.15) is 5.10 Å². The second kappa shape index (κ2) is 5.32. The van der Waals surface area contributed by atoms with Crippen molar-refractivity contribution in [2.24, 2.45) is 0 Å². The molecular weight excluding hydrogens is 266 g/mol. The fourth-order valence-electron chi connectivity index (χ4n) is 1.83. The van der Waals surface area contributed by atoms with E-state index in [2.05, 4.69) is 5.10 Å². The molecule has 0 atom stereocenters. The lowest BCUT2D eigenvalue weighted by Crippen LogP contribution is -2.12. The minimum atomic E-state index is -0.246. The molecule has 0 aliphatic rings. The maximum atomic E-state index is 12.5. The quantitative estimate of drug-likeness (QED) is 0.689. The molecule has 2 aromatic rings. The van der Waals surface area contributed by atoms with Gasteiger partial charge in [0.15, 0.2) is 0 Å². The van der Waals surface area contributed by atoms with Crippen LogP contribution < -0.4 is 10.5 Å². The van der Waals surface area contributed by atoms with E-state index in [1.54, 1.807) is 30.0 Å². The molecule has 0 radical (unpaired) electrons. The predicted molar refractivity (Wildman–Crippen MR) is 73.7 cm³/mol. The highest BCUT2D eigenvalue weighted by Gasteiger charge is 2.20. The summed E-state index contributed by atoms with van der Waals surface area (Å²) in [7, 11) is 1.54. The summed E-state index contributed by atoms with van der Waals surface area (Å²) in [5.41, 5.74) is 6.96. The van der Waals surface area contributed by atoms with E-state index >= 15 is 0 Å². The van der Waals surface area contributed by atoms with Gasteiger partial charge < -0.3 is 10.5 Å². The summed E-state index contributed by atoms with van der Waals surface area (Å²) >= 11 is 6.01. The Labute approximate surface area is 115 Å². The smallest absolute Gasteiger partial charge is 0.214 e. The van der Waals surface area contributed by atoms with Crippen LogP contribution in [0.25, 0.3) is 0 Å². The maximum Gasteiger partial charge on any atom is 0.214 e. The van der Waals surface area contributed by atoms with Crippen LogP contribution in [0.1, 0.15) is 23.0 Å². The second-order valence-corrected chi connectivity index (χ2v) is 4.35. The van der Waals surface area contributed by atoms with Crippen LogP contribution in [0.15, 0.2) is 24.4 Å². The number of halogens is 1. The first-order valence-corrected chi connectivity index (χ1v) is 6.15. The average Bonchev–Trinajstić information content (AvgIpc) is 2.78. The van der Waals surface area contributed by atoms with Crippen molar-refractivity contribution in [3.05, 3.63) is 40.7 Å². The number of aryl methyl sites for hydroxylation is 1. The number of hydrogen-bond acceptors (Lipinski definition) is 4. The number of anilines is 1. The lowest BCUT2D eigenvalue weighted by atomic mass is 10.1. The number of aromatic nitrogens is 2. The van der Waals surface area contributed by atoms with Gasteiger partial charge in [-0.05, 0) is 19.1 Å². The van der Waals surface area contributed by atoms with Crippen molar-refractivity contribution < 1.29 is 9.53 Å². The van der Waals surface area contributed by atoms with Gasteiger partial charge in [-0.1, -0.05) is 11.6 Å². The van der Waals surface area contributed by atoms with Gasteiger partial charge in [-0.15, -0.1) is 0 Å². The Morgan fingerprint density at radius 2 is 2.26 bits per heavy atom. The normalized spacial score (nSPS) is 10.5. The third-order valence-corrected chi connectivity index (χ3v) is 3.09. The number of methoxy groups -OCH3 is 1. The Kier molecular flexibility index (Phi) is 3.76. The lowest BCUT2D eigenvalue weighted by molar-refractivity contribution is 0.103. The molecule has 0 saturated heterocycles. The van der Waals surface area contributed by atoms with Gasteiger partial charge in [0, 0.05) is 23.9 Å². The summed E-state index contributed by atoms with van der Waals surface area (Å²) in [6.45, 7) is 2.45. The Bertz CT molecular complexity index is 622. The molecule has 0 fully saturated rings. The number of benzene rings is 1. The minimum absolute atomic E-state index is 0.246. The molecule has 0 aliphatic heterocycles. The summed E-state index contributed by atoms with van der Waals surface area (Å²) < 4.78 is 6.60. The average molecular weight is 280 g/mol. The highest BCUT2D eigenvalue weighted by molar-refractivity contribution is 6.34. The molecule has 0 amide bonds. The number of nitrogens with zero attached hydrogens (tertiary/aromatic N) is 2. The Morgan fingerprint density at radius 3 is 2.84 bits per heavy atom. The predicted octanol–water partition coefficient (Wildman–Crippen LogP) is 2.38. The van der Waals surface area contributed by atoms with Crippen LogP contribution in [-0.4, -0.2) is 22.7 Å². The number of nitrogens with two attached hydrogens (primary N) is 1. The Balaban J connectivity index is 2.47. The highest BCUT2D eigenvalue weighted by atomic mass is 35.5. The zero-order chi connectivity index (χ0) is 14.0. The number of carbonyl (C=O) groups is 1.